The third kappa shape index (κ3) is 7.65. The van der Waals surface area contributed by atoms with E-state index in [1.165, 1.54) is 0 Å². The van der Waals surface area contributed by atoms with E-state index in [4.69, 9.17) is 9.40 Å². The van der Waals surface area contributed by atoms with Crippen molar-refractivity contribution in [3.05, 3.63) is 95.3 Å². The Bertz CT molecular complexity index is 2380. The second-order valence-corrected chi connectivity index (χ2v) is 13.8. The van der Waals surface area contributed by atoms with Gasteiger partial charge in [-0.1, -0.05) is 29.8 Å². The number of benzene rings is 2. The number of furan rings is 1. The Hall–Kier alpha value is -6.45. The lowest BCUT2D eigenvalue weighted by molar-refractivity contribution is -0.136. The first-order chi connectivity index (χ1) is 26.9. The van der Waals surface area contributed by atoms with Crippen molar-refractivity contribution in [2.45, 2.75) is 57.4 Å². The van der Waals surface area contributed by atoms with E-state index >= 15 is 0 Å². The molecule has 0 aliphatic carbocycles. The smallest absolute Gasteiger partial charge is 0.280 e. The Morgan fingerprint density at radius 2 is 1.78 bits per heavy atom. The molecule has 3 amide bonds. The number of aryl methyl sites for hydroxylation is 2. The van der Waals surface area contributed by atoms with Gasteiger partial charge < -0.3 is 19.5 Å². The number of hydrogen-bond donors (Lipinski definition) is 2. The van der Waals surface area contributed by atoms with Gasteiger partial charge in [-0.3, -0.25) is 28.9 Å². The molecule has 16 heteroatoms. The summed E-state index contributed by atoms with van der Waals surface area (Å²) < 4.78 is 8.48. The van der Waals surface area contributed by atoms with Crippen LogP contribution in [0.15, 0.2) is 82.6 Å². The summed E-state index contributed by atoms with van der Waals surface area (Å²) in [5, 5.41) is 22.6. The van der Waals surface area contributed by atoms with Gasteiger partial charge in [-0.2, -0.15) is 4.68 Å². The molecule has 282 valence electrons. The van der Waals surface area contributed by atoms with Crippen LogP contribution in [0.2, 0.25) is 0 Å². The minimum absolute atomic E-state index is 0.134. The summed E-state index contributed by atoms with van der Waals surface area (Å²) in [6.07, 6.45) is 9.94. The largest absolute Gasteiger partial charge is 0.469 e. The van der Waals surface area contributed by atoms with Crippen molar-refractivity contribution in [3.63, 3.8) is 0 Å². The first-order valence-electron chi connectivity index (χ1n) is 18.7. The van der Waals surface area contributed by atoms with Crippen LogP contribution in [-0.4, -0.2) is 89.9 Å². The number of hydrogen-bond acceptors (Lipinski definition) is 12. The minimum atomic E-state index is -0.882. The highest BCUT2D eigenvalue weighted by atomic mass is 16.3. The molecule has 0 bridgehead atoms. The molecule has 2 aliphatic heterocycles. The second kappa shape index (κ2) is 15.9. The number of amides is 3. The summed E-state index contributed by atoms with van der Waals surface area (Å²) in [5.74, 6) is 1.04. The van der Waals surface area contributed by atoms with Gasteiger partial charge in [-0.15, -0.1) is 15.3 Å². The Labute approximate surface area is 315 Å². The Kier molecular flexibility index (Phi) is 10.3. The number of carbonyl (C=O) groups excluding carboxylic acids is 3. The number of unbranched alkanes of at least 4 members (excludes halogenated alkanes) is 2. The molecule has 8 rings (SSSR count). The van der Waals surface area contributed by atoms with Crippen LogP contribution in [0.3, 0.4) is 0 Å². The molecule has 1 unspecified atom stereocenters. The average molecular weight is 744 g/mol. The van der Waals surface area contributed by atoms with E-state index in [1.807, 2.05) is 27.6 Å². The number of anilines is 2. The Morgan fingerprint density at radius 3 is 2.58 bits per heavy atom. The number of fused-ring (bicyclic) bond motifs is 2. The number of rotatable bonds is 13. The lowest BCUT2D eigenvalue weighted by atomic mass is 10.1. The molecule has 2 aromatic carbocycles. The quantitative estimate of drug-likeness (QED) is 0.130. The van der Waals surface area contributed by atoms with Crippen LogP contribution in [0.25, 0.3) is 27.7 Å². The third-order valence-electron chi connectivity index (χ3n) is 10.4. The first-order valence-corrected chi connectivity index (χ1v) is 18.7. The Balaban J connectivity index is 0.786. The number of nitrogens with zero attached hydrogens (tertiary/aromatic N) is 9. The topological polar surface area (TPSA) is 186 Å². The molecule has 0 spiro atoms. The molecule has 6 aromatic rings. The molecule has 0 radical (unpaired) electrons. The summed E-state index contributed by atoms with van der Waals surface area (Å²) in [7, 11) is 0. The van der Waals surface area contributed by atoms with Gasteiger partial charge >= 0.3 is 0 Å². The van der Waals surface area contributed by atoms with Gasteiger partial charge in [0.2, 0.25) is 11.8 Å². The summed E-state index contributed by atoms with van der Waals surface area (Å²) in [6, 6.07) is 16.6. The molecule has 2 fully saturated rings. The third-order valence-corrected chi connectivity index (χ3v) is 10.4. The van der Waals surface area contributed by atoms with Gasteiger partial charge in [-0.25, -0.2) is 4.98 Å². The highest BCUT2D eigenvalue weighted by Crippen LogP contribution is 2.27. The Morgan fingerprint density at radius 1 is 0.927 bits per heavy atom. The van der Waals surface area contributed by atoms with E-state index in [0.29, 0.717) is 49.1 Å². The molecule has 6 heterocycles. The molecule has 2 aliphatic rings. The fraction of sp³-hybridized carbons (Fsp3) is 0.359. The van der Waals surface area contributed by atoms with E-state index in [-0.39, 0.29) is 24.7 Å². The lowest BCUT2D eigenvalue weighted by Crippen LogP contribution is -2.48. The zero-order valence-electron chi connectivity index (χ0n) is 30.3. The van der Waals surface area contributed by atoms with Gasteiger partial charge in [0.1, 0.15) is 29.5 Å². The maximum absolute atomic E-state index is 13.4. The molecule has 55 heavy (non-hydrogen) atoms. The van der Waals surface area contributed by atoms with Crippen molar-refractivity contribution in [2.24, 2.45) is 0 Å². The molecular formula is C39H41N11O5. The number of piperazine rings is 1. The van der Waals surface area contributed by atoms with Crippen LogP contribution in [-0.2, 0) is 27.2 Å². The SMILES string of the molecule is O=C1CCC(n2nnc3cccc(NCCCCCC(=O)N4CCN(c5ccc(-c6cnc(CCc7ccco7)n7cnnc67)cc5)CC4)c3c2=O)C(=O)N1. The molecule has 2 saturated heterocycles. The molecule has 2 N–H and O–H groups in total. The number of piperidine rings is 1. The van der Waals surface area contributed by atoms with Crippen molar-refractivity contribution < 1.29 is 18.8 Å². The van der Waals surface area contributed by atoms with Crippen molar-refractivity contribution in [1.82, 2.24) is 44.8 Å². The standard InChI is InChI=1S/C39H41N11O5/c51-34-17-15-32(38(53)43-34)50-39(54)36-30(7-4-8-31(36)44-46-50)40-18-3-1-2-9-35(52)48-21-19-47(20-22-48)27-12-10-26(11-13-27)29-24-41-33(49-25-42-45-37(29)49)16-14-28-6-5-23-55-28/h4-8,10-13,23-25,32,40H,1-3,9,14-22H2,(H,43,51,53). The van der Waals surface area contributed by atoms with Gasteiger partial charge in [0.05, 0.1) is 11.6 Å². The number of aromatic nitrogens is 7. The van der Waals surface area contributed by atoms with Crippen LogP contribution in [0.1, 0.15) is 56.2 Å². The maximum Gasteiger partial charge on any atom is 0.280 e. The number of carbonyl (C=O) groups is 3. The van der Waals surface area contributed by atoms with Crippen molar-refractivity contribution in [2.75, 3.05) is 42.9 Å². The molecule has 16 nitrogen and oxygen atoms in total. The second-order valence-electron chi connectivity index (χ2n) is 13.8. The summed E-state index contributed by atoms with van der Waals surface area (Å²) in [6.45, 7) is 3.47. The van der Waals surface area contributed by atoms with Gasteiger partial charge in [-0.05, 0) is 61.2 Å². The fourth-order valence-electron chi connectivity index (χ4n) is 7.34. The van der Waals surface area contributed by atoms with E-state index in [9.17, 15) is 19.2 Å². The first kappa shape index (κ1) is 35.6. The van der Waals surface area contributed by atoms with Crippen molar-refractivity contribution in [3.8, 4) is 11.1 Å². The zero-order chi connectivity index (χ0) is 37.7. The van der Waals surface area contributed by atoms with Crippen LogP contribution in [0.4, 0.5) is 11.4 Å². The van der Waals surface area contributed by atoms with Gasteiger partial charge in [0, 0.05) is 81.5 Å². The normalized spacial score (nSPS) is 16.2. The molecule has 4 aromatic heterocycles. The van der Waals surface area contributed by atoms with E-state index in [0.717, 1.165) is 77.5 Å². The number of nitrogens with one attached hydrogen (secondary N) is 2. The molecule has 0 saturated carbocycles. The monoisotopic (exact) mass is 743 g/mol. The van der Waals surface area contributed by atoms with Crippen LogP contribution >= 0.6 is 0 Å². The molecule has 1 atom stereocenters. The van der Waals surface area contributed by atoms with Crippen LogP contribution in [0.5, 0.6) is 0 Å². The minimum Gasteiger partial charge on any atom is -0.469 e. The van der Waals surface area contributed by atoms with E-state index < -0.39 is 17.5 Å². The fourth-order valence-corrected chi connectivity index (χ4v) is 7.34. The maximum atomic E-state index is 13.4. The zero-order valence-corrected chi connectivity index (χ0v) is 30.3. The number of imide groups is 1. The van der Waals surface area contributed by atoms with Crippen molar-refractivity contribution in [1.29, 1.82) is 0 Å². The summed E-state index contributed by atoms with van der Waals surface area (Å²) in [5.41, 5.74) is 4.39. The highest BCUT2D eigenvalue weighted by molar-refractivity contribution is 5.99. The molecular weight excluding hydrogens is 703 g/mol. The van der Waals surface area contributed by atoms with Gasteiger partial charge in [0.25, 0.3) is 11.5 Å². The summed E-state index contributed by atoms with van der Waals surface area (Å²) in [4.78, 5) is 59.4. The lowest BCUT2D eigenvalue weighted by Gasteiger charge is -2.36. The van der Waals surface area contributed by atoms with E-state index in [2.05, 4.69) is 60.3 Å². The van der Waals surface area contributed by atoms with Crippen LogP contribution < -0.4 is 21.1 Å². The van der Waals surface area contributed by atoms with Crippen molar-refractivity contribution >= 4 is 45.6 Å². The van der Waals surface area contributed by atoms with Gasteiger partial charge in [0.15, 0.2) is 5.65 Å². The van der Waals surface area contributed by atoms with E-state index in [1.54, 1.807) is 30.8 Å². The predicted octanol–water partition coefficient (Wildman–Crippen LogP) is 3.57. The predicted molar refractivity (Wildman–Crippen MR) is 203 cm³/mol. The average Bonchev–Trinajstić information content (AvgIpc) is 3.93. The summed E-state index contributed by atoms with van der Waals surface area (Å²) >= 11 is 0. The highest BCUT2D eigenvalue weighted by Gasteiger charge is 2.30. The van der Waals surface area contributed by atoms with Crippen LogP contribution in [0, 0.1) is 0 Å².